The Bertz CT molecular complexity index is 186. The first kappa shape index (κ1) is 8.81. The van der Waals surface area contributed by atoms with Crippen LogP contribution >= 0.6 is 0 Å². The van der Waals surface area contributed by atoms with Gasteiger partial charge in [0.2, 0.25) is 0 Å². The van der Waals surface area contributed by atoms with Crippen LogP contribution in [-0.2, 0) is 4.74 Å². The lowest BCUT2D eigenvalue weighted by Gasteiger charge is -2.10. The van der Waals surface area contributed by atoms with Crippen molar-refractivity contribution >= 4 is 6.03 Å². The van der Waals surface area contributed by atoms with E-state index in [0.717, 1.165) is 32.3 Å². The predicted molar refractivity (Wildman–Crippen MR) is 48.5 cm³/mol. The molecule has 13 heavy (non-hydrogen) atoms. The molecule has 2 N–H and O–H groups in total. The number of amides is 2. The molecule has 0 spiro atoms. The van der Waals surface area contributed by atoms with Gasteiger partial charge in [0.25, 0.3) is 0 Å². The SMILES string of the molecule is O=C(NCC1CCCO1)NC1CC1. The molecule has 1 atom stereocenters. The Morgan fingerprint density at radius 3 is 2.85 bits per heavy atom. The van der Waals surface area contributed by atoms with Gasteiger partial charge in [0.05, 0.1) is 6.10 Å². The molecule has 0 aromatic rings. The van der Waals surface area contributed by atoms with E-state index >= 15 is 0 Å². The summed E-state index contributed by atoms with van der Waals surface area (Å²) in [6.45, 7) is 1.50. The number of carbonyl (C=O) groups excluding carboxylic acids is 1. The van der Waals surface area contributed by atoms with Crippen molar-refractivity contribution in [3.63, 3.8) is 0 Å². The Balaban J connectivity index is 1.57. The summed E-state index contributed by atoms with van der Waals surface area (Å²) in [6.07, 6.45) is 4.70. The van der Waals surface area contributed by atoms with Crippen molar-refractivity contribution in [2.75, 3.05) is 13.2 Å². The summed E-state index contributed by atoms with van der Waals surface area (Å²) in [5.74, 6) is 0. The monoisotopic (exact) mass is 184 g/mol. The lowest BCUT2D eigenvalue weighted by molar-refractivity contribution is 0.111. The Morgan fingerprint density at radius 1 is 1.38 bits per heavy atom. The Labute approximate surface area is 78.0 Å². The maximum absolute atomic E-state index is 11.2. The third-order valence-electron chi connectivity index (χ3n) is 2.43. The van der Waals surface area contributed by atoms with Crippen molar-refractivity contribution in [3.05, 3.63) is 0 Å². The molecule has 1 aliphatic carbocycles. The molecule has 1 unspecified atom stereocenters. The van der Waals surface area contributed by atoms with E-state index < -0.39 is 0 Å². The molecule has 0 bridgehead atoms. The molecule has 0 aromatic carbocycles. The van der Waals surface area contributed by atoms with Gasteiger partial charge in [-0.15, -0.1) is 0 Å². The van der Waals surface area contributed by atoms with Crippen LogP contribution in [0.4, 0.5) is 4.79 Å². The van der Waals surface area contributed by atoms with E-state index in [1.54, 1.807) is 0 Å². The molecule has 0 aromatic heterocycles. The van der Waals surface area contributed by atoms with Gasteiger partial charge in [-0.3, -0.25) is 0 Å². The molecule has 2 fully saturated rings. The third kappa shape index (κ3) is 2.88. The minimum absolute atomic E-state index is 0.0435. The van der Waals surface area contributed by atoms with E-state index in [2.05, 4.69) is 10.6 Å². The second-order valence-electron chi connectivity index (χ2n) is 3.76. The lowest BCUT2D eigenvalue weighted by Crippen LogP contribution is -2.40. The van der Waals surface area contributed by atoms with Gasteiger partial charge in [0, 0.05) is 19.2 Å². The predicted octanol–water partition coefficient (Wildman–Crippen LogP) is 0.627. The maximum Gasteiger partial charge on any atom is 0.315 e. The fourth-order valence-corrected chi connectivity index (χ4v) is 1.48. The molecule has 1 heterocycles. The number of carbonyl (C=O) groups is 1. The Hall–Kier alpha value is -0.770. The summed E-state index contributed by atoms with van der Waals surface area (Å²) >= 11 is 0. The van der Waals surface area contributed by atoms with Crippen LogP contribution in [0.1, 0.15) is 25.7 Å². The van der Waals surface area contributed by atoms with Crippen molar-refractivity contribution in [2.24, 2.45) is 0 Å². The first-order valence-electron chi connectivity index (χ1n) is 5.00. The first-order chi connectivity index (χ1) is 6.34. The van der Waals surface area contributed by atoms with Gasteiger partial charge in [-0.2, -0.15) is 0 Å². The van der Waals surface area contributed by atoms with E-state index in [4.69, 9.17) is 4.74 Å². The Kier molecular flexibility index (Phi) is 2.68. The first-order valence-corrected chi connectivity index (χ1v) is 5.00. The molecule has 74 valence electrons. The van der Waals surface area contributed by atoms with Gasteiger partial charge in [-0.1, -0.05) is 0 Å². The topological polar surface area (TPSA) is 50.4 Å². The quantitative estimate of drug-likeness (QED) is 0.675. The zero-order valence-electron chi connectivity index (χ0n) is 7.71. The van der Waals surface area contributed by atoms with Crippen molar-refractivity contribution in [3.8, 4) is 0 Å². The minimum Gasteiger partial charge on any atom is -0.376 e. The van der Waals surface area contributed by atoms with Crippen LogP contribution in [0.15, 0.2) is 0 Å². The van der Waals surface area contributed by atoms with Gasteiger partial charge in [0.1, 0.15) is 0 Å². The van der Waals surface area contributed by atoms with Crippen molar-refractivity contribution in [1.82, 2.24) is 10.6 Å². The van der Waals surface area contributed by atoms with Gasteiger partial charge in [0.15, 0.2) is 0 Å². The van der Waals surface area contributed by atoms with E-state index in [1.807, 2.05) is 0 Å². The van der Waals surface area contributed by atoms with Crippen molar-refractivity contribution < 1.29 is 9.53 Å². The summed E-state index contributed by atoms with van der Waals surface area (Å²) in [5.41, 5.74) is 0. The van der Waals surface area contributed by atoms with Crippen LogP contribution in [0.5, 0.6) is 0 Å². The molecule has 4 nitrogen and oxygen atoms in total. The molecule has 2 aliphatic rings. The number of hydrogen-bond donors (Lipinski definition) is 2. The fraction of sp³-hybridized carbons (Fsp3) is 0.889. The van der Waals surface area contributed by atoms with E-state index in [-0.39, 0.29) is 12.1 Å². The number of ether oxygens (including phenoxy) is 1. The number of hydrogen-bond acceptors (Lipinski definition) is 2. The summed E-state index contributed by atoms with van der Waals surface area (Å²) in [6, 6.07) is 0.391. The van der Waals surface area contributed by atoms with Crippen LogP contribution in [0.25, 0.3) is 0 Å². The average molecular weight is 184 g/mol. The van der Waals surface area contributed by atoms with Crippen molar-refractivity contribution in [2.45, 2.75) is 37.8 Å². The van der Waals surface area contributed by atoms with Gasteiger partial charge >= 0.3 is 6.03 Å². The van der Waals surface area contributed by atoms with Crippen LogP contribution in [0.2, 0.25) is 0 Å². The van der Waals surface area contributed by atoms with E-state index in [9.17, 15) is 4.79 Å². The maximum atomic E-state index is 11.2. The number of nitrogens with one attached hydrogen (secondary N) is 2. The summed E-state index contributed by atoms with van der Waals surface area (Å²) in [5, 5.41) is 5.69. The zero-order chi connectivity index (χ0) is 9.10. The lowest BCUT2D eigenvalue weighted by atomic mass is 10.2. The summed E-state index contributed by atoms with van der Waals surface area (Å²) in [4.78, 5) is 11.2. The van der Waals surface area contributed by atoms with Crippen LogP contribution in [0, 0.1) is 0 Å². The fourth-order valence-electron chi connectivity index (χ4n) is 1.48. The van der Waals surface area contributed by atoms with Crippen LogP contribution in [0.3, 0.4) is 0 Å². The van der Waals surface area contributed by atoms with Gasteiger partial charge < -0.3 is 15.4 Å². The highest BCUT2D eigenvalue weighted by Gasteiger charge is 2.23. The standard InChI is InChI=1S/C9H16N2O2/c12-9(11-7-3-4-7)10-6-8-2-1-5-13-8/h7-8H,1-6H2,(H2,10,11,12). The molecular formula is C9H16N2O2. The van der Waals surface area contributed by atoms with Crippen LogP contribution < -0.4 is 10.6 Å². The average Bonchev–Trinajstić information content (AvgIpc) is 2.78. The van der Waals surface area contributed by atoms with Crippen LogP contribution in [-0.4, -0.2) is 31.3 Å². The molecule has 1 saturated heterocycles. The van der Waals surface area contributed by atoms with E-state index in [1.165, 1.54) is 0 Å². The van der Waals surface area contributed by atoms with Gasteiger partial charge in [-0.25, -0.2) is 4.79 Å². The summed E-state index contributed by atoms with van der Waals surface area (Å²) < 4.78 is 5.38. The molecule has 2 rings (SSSR count). The molecule has 1 saturated carbocycles. The molecular weight excluding hydrogens is 168 g/mol. The number of urea groups is 1. The third-order valence-corrected chi connectivity index (χ3v) is 2.43. The number of rotatable bonds is 3. The molecule has 4 heteroatoms. The smallest absolute Gasteiger partial charge is 0.315 e. The normalized spacial score (nSPS) is 27.2. The highest BCUT2D eigenvalue weighted by Crippen LogP contribution is 2.18. The molecule has 2 amide bonds. The molecule has 0 radical (unpaired) electrons. The van der Waals surface area contributed by atoms with E-state index in [0.29, 0.717) is 12.6 Å². The second kappa shape index (κ2) is 3.96. The van der Waals surface area contributed by atoms with Crippen molar-refractivity contribution in [1.29, 1.82) is 0 Å². The summed E-state index contributed by atoms with van der Waals surface area (Å²) in [7, 11) is 0. The second-order valence-corrected chi connectivity index (χ2v) is 3.76. The largest absolute Gasteiger partial charge is 0.376 e. The Morgan fingerprint density at radius 2 is 2.23 bits per heavy atom. The molecule has 1 aliphatic heterocycles. The minimum atomic E-state index is -0.0435. The zero-order valence-corrected chi connectivity index (χ0v) is 7.71. The van der Waals surface area contributed by atoms with Gasteiger partial charge in [-0.05, 0) is 25.7 Å². The highest BCUT2D eigenvalue weighted by molar-refractivity contribution is 5.74. The highest BCUT2D eigenvalue weighted by atomic mass is 16.5.